The second-order valence-corrected chi connectivity index (χ2v) is 5.69. The molecule has 2 N–H and O–H groups in total. The zero-order valence-corrected chi connectivity index (χ0v) is 13.2. The van der Waals surface area contributed by atoms with Gasteiger partial charge in [-0.2, -0.15) is 0 Å². The van der Waals surface area contributed by atoms with Crippen molar-refractivity contribution in [1.29, 1.82) is 0 Å². The lowest BCUT2D eigenvalue weighted by Crippen LogP contribution is -2.11. The van der Waals surface area contributed by atoms with Crippen LogP contribution in [0.4, 0.5) is 0 Å². The van der Waals surface area contributed by atoms with Crippen molar-refractivity contribution in [3.63, 3.8) is 0 Å². The van der Waals surface area contributed by atoms with Gasteiger partial charge >= 0.3 is 0 Å². The highest BCUT2D eigenvalue weighted by atomic mass is 79.9. The highest BCUT2D eigenvalue weighted by Gasteiger charge is 2.07. The lowest BCUT2D eigenvalue weighted by molar-refractivity contribution is 0.1000. The SMILES string of the molecule is Cc1ccc(Br)cc1OCc1ccc(C(N)=O)cc1Cl. The number of halogens is 2. The second-order valence-electron chi connectivity index (χ2n) is 4.37. The van der Waals surface area contributed by atoms with Gasteiger partial charge in [-0.25, -0.2) is 0 Å². The van der Waals surface area contributed by atoms with E-state index < -0.39 is 5.91 Å². The molecule has 0 unspecified atom stereocenters. The Morgan fingerprint density at radius 1 is 1.30 bits per heavy atom. The molecule has 5 heteroatoms. The number of primary amides is 1. The summed E-state index contributed by atoms with van der Waals surface area (Å²) in [6.45, 7) is 2.30. The van der Waals surface area contributed by atoms with Crippen LogP contribution in [0.1, 0.15) is 21.5 Å². The largest absolute Gasteiger partial charge is 0.489 e. The van der Waals surface area contributed by atoms with Gasteiger partial charge in [0.15, 0.2) is 0 Å². The maximum atomic E-state index is 11.1. The molecular formula is C15H13BrClNO2. The van der Waals surface area contributed by atoms with Crippen molar-refractivity contribution in [2.24, 2.45) is 5.73 Å². The average molecular weight is 355 g/mol. The molecule has 3 nitrogen and oxygen atoms in total. The molecule has 0 radical (unpaired) electrons. The van der Waals surface area contributed by atoms with Crippen molar-refractivity contribution in [2.45, 2.75) is 13.5 Å². The number of amides is 1. The van der Waals surface area contributed by atoms with Gasteiger partial charge < -0.3 is 10.5 Å². The fraction of sp³-hybridized carbons (Fsp3) is 0.133. The highest BCUT2D eigenvalue weighted by Crippen LogP contribution is 2.25. The summed E-state index contributed by atoms with van der Waals surface area (Å²) in [4.78, 5) is 11.1. The van der Waals surface area contributed by atoms with Gasteiger partial charge in [-0.05, 0) is 36.8 Å². The topological polar surface area (TPSA) is 52.3 Å². The standard InChI is InChI=1S/C15H13BrClNO2/c1-9-2-5-12(16)7-14(9)20-8-11-4-3-10(15(18)19)6-13(11)17/h2-7H,8H2,1H3,(H2,18,19). The molecule has 0 bridgehead atoms. The number of benzene rings is 2. The van der Waals surface area contributed by atoms with E-state index in [0.717, 1.165) is 21.3 Å². The van der Waals surface area contributed by atoms with Crippen LogP contribution >= 0.6 is 27.5 Å². The lowest BCUT2D eigenvalue weighted by atomic mass is 10.1. The van der Waals surface area contributed by atoms with Crippen LogP contribution in [0.5, 0.6) is 5.75 Å². The molecule has 0 aliphatic carbocycles. The van der Waals surface area contributed by atoms with Gasteiger partial charge in [-0.3, -0.25) is 4.79 Å². The van der Waals surface area contributed by atoms with Crippen molar-refractivity contribution in [2.75, 3.05) is 0 Å². The maximum Gasteiger partial charge on any atom is 0.248 e. The van der Waals surface area contributed by atoms with Crippen molar-refractivity contribution < 1.29 is 9.53 Å². The van der Waals surface area contributed by atoms with Crippen LogP contribution in [0.25, 0.3) is 0 Å². The van der Waals surface area contributed by atoms with Crippen LogP contribution < -0.4 is 10.5 Å². The smallest absolute Gasteiger partial charge is 0.248 e. The summed E-state index contributed by atoms with van der Waals surface area (Å²) < 4.78 is 6.71. The number of hydrogen-bond donors (Lipinski definition) is 1. The summed E-state index contributed by atoms with van der Waals surface area (Å²) >= 11 is 9.52. The fourth-order valence-electron chi connectivity index (χ4n) is 1.70. The number of aryl methyl sites for hydroxylation is 1. The summed E-state index contributed by atoms with van der Waals surface area (Å²) in [6.07, 6.45) is 0. The molecule has 2 aromatic rings. The minimum absolute atomic E-state index is 0.329. The molecule has 104 valence electrons. The first kappa shape index (κ1) is 14.9. The van der Waals surface area contributed by atoms with Gasteiger partial charge in [-0.1, -0.05) is 39.7 Å². The Bertz CT molecular complexity index is 658. The van der Waals surface area contributed by atoms with Crippen molar-refractivity contribution in [1.82, 2.24) is 0 Å². The van der Waals surface area contributed by atoms with Crippen LogP contribution in [0.3, 0.4) is 0 Å². The molecule has 0 fully saturated rings. The zero-order chi connectivity index (χ0) is 14.7. The minimum atomic E-state index is -0.498. The normalized spacial score (nSPS) is 10.3. The van der Waals surface area contributed by atoms with Gasteiger partial charge in [0.05, 0.1) is 0 Å². The van der Waals surface area contributed by atoms with Crippen molar-refractivity contribution >= 4 is 33.4 Å². The fourth-order valence-corrected chi connectivity index (χ4v) is 2.28. The molecule has 20 heavy (non-hydrogen) atoms. The summed E-state index contributed by atoms with van der Waals surface area (Å²) in [5.74, 6) is 0.289. The highest BCUT2D eigenvalue weighted by molar-refractivity contribution is 9.10. The predicted molar refractivity (Wildman–Crippen MR) is 83.2 cm³/mol. The molecule has 2 aromatic carbocycles. The number of hydrogen-bond acceptors (Lipinski definition) is 2. The Morgan fingerprint density at radius 2 is 2.05 bits per heavy atom. The lowest BCUT2D eigenvalue weighted by Gasteiger charge is -2.11. The van der Waals surface area contributed by atoms with Gasteiger partial charge in [0.25, 0.3) is 0 Å². The first-order chi connectivity index (χ1) is 9.47. The van der Waals surface area contributed by atoms with Gasteiger partial charge in [0.2, 0.25) is 5.91 Å². The summed E-state index contributed by atoms with van der Waals surface area (Å²) in [7, 11) is 0. The van der Waals surface area contributed by atoms with E-state index in [1.807, 2.05) is 25.1 Å². The molecule has 1 amide bonds. The van der Waals surface area contributed by atoms with Gasteiger partial charge in [0.1, 0.15) is 12.4 Å². The van der Waals surface area contributed by atoms with Crippen LogP contribution in [0.2, 0.25) is 5.02 Å². The minimum Gasteiger partial charge on any atom is -0.489 e. The summed E-state index contributed by atoms with van der Waals surface area (Å²) in [6, 6.07) is 10.8. The Labute approximate surface area is 130 Å². The second kappa shape index (κ2) is 6.29. The molecule has 0 heterocycles. The molecule has 0 aromatic heterocycles. The van der Waals surface area contributed by atoms with Crippen LogP contribution in [0.15, 0.2) is 40.9 Å². The number of ether oxygens (including phenoxy) is 1. The molecule has 0 atom stereocenters. The Morgan fingerprint density at radius 3 is 2.70 bits per heavy atom. The quantitative estimate of drug-likeness (QED) is 0.899. The number of carbonyl (C=O) groups excluding carboxylic acids is 1. The Balaban J connectivity index is 2.15. The third-order valence-corrected chi connectivity index (χ3v) is 3.72. The van der Waals surface area contributed by atoms with Crippen molar-refractivity contribution in [3.05, 3.63) is 62.6 Å². The Hall–Kier alpha value is -1.52. The predicted octanol–water partition coefficient (Wildman–Crippen LogP) is 4.09. The third kappa shape index (κ3) is 3.52. The van der Waals surface area contributed by atoms with Crippen LogP contribution in [0, 0.1) is 6.92 Å². The molecular weight excluding hydrogens is 342 g/mol. The van der Waals surface area contributed by atoms with E-state index in [1.165, 1.54) is 0 Å². The van der Waals surface area contributed by atoms with Gasteiger partial charge in [-0.15, -0.1) is 0 Å². The molecule has 0 aliphatic heterocycles. The average Bonchev–Trinajstić information content (AvgIpc) is 2.40. The molecule has 2 rings (SSSR count). The van der Waals surface area contributed by atoms with E-state index in [-0.39, 0.29) is 0 Å². The molecule has 0 aliphatic rings. The first-order valence-corrected chi connectivity index (χ1v) is 7.11. The number of nitrogens with two attached hydrogens (primary N) is 1. The summed E-state index contributed by atoms with van der Waals surface area (Å²) in [5, 5.41) is 0.467. The van der Waals surface area contributed by atoms with E-state index >= 15 is 0 Å². The molecule has 0 spiro atoms. The first-order valence-electron chi connectivity index (χ1n) is 5.94. The molecule has 0 saturated carbocycles. The number of rotatable bonds is 4. The van der Waals surface area contributed by atoms with E-state index in [9.17, 15) is 4.79 Å². The van der Waals surface area contributed by atoms with Gasteiger partial charge in [0, 0.05) is 20.6 Å². The van der Waals surface area contributed by atoms with Crippen LogP contribution in [-0.2, 0) is 6.61 Å². The Kier molecular flexibility index (Phi) is 4.68. The van der Waals surface area contributed by atoms with Crippen LogP contribution in [-0.4, -0.2) is 5.91 Å². The van der Waals surface area contributed by atoms with E-state index in [2.05, 4.69) is 15.9 Å². The third-order valence-electron chi connectivity index (χ3n) is 2.87. The molecule has 0 saturated heterocycles. The van der Waals surface area contributed by atoms with E-state index in [4.69, 9.17) is 22.1 Å². The maximum absolute atomic E-state index is 11.1. The number of carbonyl (C=O) groups is 1. The van der Waals surface area contributed by atoms with E-state index in [1.54, 1.807) is 18.2 Å². The zero-order valence-electron chi connectivity index (χ0n) is 10.8. The summed E-state index contributed by atoms with van der Waals surface area (Å²) in [5.41, 5.74) is 7.43. The van der Waals surface area contributed by atoms with E-state index in [0.29, 0.717) is 17.2 Å². The monoisotopic (exact) mass is 353 g/mol. The van der Waals surface area contributed by atoms with Crippen molar-refractivity contribution in [3.8, 4) is 5.75 Å².